The molecule has 1 heterocycles. The summed E-state index contributed by atoms with van der Waals surface area (Å²) in [5, 5.41) is 9.57. The van der Waals surface area contributed by atoms with E-state index in [-0.39, 0.29) is 24.3 Å². The highest BCUT2D eigenvalue weighted by atomic mass is 28.4. The lowest BCUT2D eigenvalue weighted by Crippen LogP contribution is -2.53. The number of amides is 1. The first-order valence-electron chi connectivity index (χ1n) is 9.16. The molecule has 1 aliphatic heterocycles. The summed E-state index contributed by atoms with van der Waals surface area (Å²) in [5.74, 6) is 0. The van der Waals surface area contributed by atoms with E-state index >= 15 is 0 Å². The Labute approximate surface area is 159 Å². The molecule has 0 spiro atoms. The van der Waals surface area contributed by atoms with Gasteiger partial charge in [0.1, 0.15) is 11.2 Å². The van der Waals surface area contributed by atoms with Crippen LogP contribution in [0.25, 0.3) is 0 Å². The highest BCUT2D eigenvalue weighted by molar-refractivity contribution is 6.74. The van der Waals surface area contributed by atoms with Crippen molar-refractivity contribution in [2.45, 2.75) is 83.4 Å². The van der Waals surface area contributed by atoms with Gasteiger partial charge in [-0.1, -0.05) is 20.8 Å². The molecule has 8 heteroatoms. The molecule has 0 bridgehead atoms. The van der Waals surface area contributed by atoms with Gasteiger partial charge in [-0.25, -0.2) is 4.79 Å². The third kappa shape index (κ3) is 5.66. The molecule has 1 amide bonds. The second kappa shape index (κ2) is 8.14. The molecule has 0 radical (unpaired) electrons. The maximum absolute atomic E-state index is 12.4. The summed E-state index contributed by atoms with van der Waals surface area (Å²) in [4.78, 5) is 24.1. The number of aliphatic hydroxyl groups excluding tert-OH is 1. The molecule has 0 aliphatic carbocycles. The summed E-state index contributed by atoms with van der Waals surface area (Å²) in [5.41, 5.74) is -1.35. The Balaban J connectivity index is 2.98. The number of nitrogens with zero attached hydrogens (tertiary/aromatic N) is 1. The number of rotatable bonds is 6. The van der Waals surface area contributed by atoms with Crippen LogP contribution in [0.4, 0.5) is 4.79 Å². The Bertz CT molecular complexity index is 485. The van der Waals surface area contributed by atoms with E-state index in [1.54, 1.807) is 27.9 Å². The number of aliphatic hydroxyl groups is 1. The van der Waals surface area contributed by atoms with Crippen LogP contribution in [0.5, 0.6) is 0 Å². The van der Waals surface area contributed by atoms with Crippen LogP contribution in [0, 0.1) is 0 Å². The number of carbonyl (C=O) groups is 1. The minimum atomic E-state index is -2.09. The smallest absolute Gasteiger partial charge is 0.409 e. The summed E-state index contributed by atoms with van der Waals surface area (Å²) in [7, 11) is -0.493. The van der Waals surface area contributed by atoms with Crippen LogP contribution in [0.2, 0.25) is 18.1 Å². The van der Waals surface area contributed by atoms with Crippen LogP contribution >= 0.6 is 0 Å². The van der Waals surface area contributed by atoms with E-state index in [4.69, 9.17) is 18.9 Å². The van der Waals surface area contributed by atoms with E-state index in [9.17, 15) is 9.90 Å². The van der Waals surface area contributed by atoms with Gasteiger partial charge in [-0.15, -0.1) is 0 Å². The molecule has 1 N–H and O–H groups in total. The molecule has 7 nitrogen and oxygen atoms in total. The molecule has 0 saturated carbocycles. The monoisotopic (exact) mass is 391 g/mol. The van der Waals surface area contributed by atoms with Gasteiger partial charge >= 0.3 is 6.09 Å². The molecule has 2 atom stereocenters. The molecule has 0 aromatic heterocycles. The number of hydrogen-bond donors (Lipinski definition) is 1. The van der Waals surface area contributed by atoms with Crippen LogP contribution in [0.3, 0.4) is 0 Å². The van der Waals surface area contributed by atoms with E-state index in [2.05, 4.69) is 33.9 Å². The lowest BCUT2D eigenvalue weighted by Gasteiger charge is -2.42. The standard InChI is InChI=1S/C18H37NO6Si/c1-16(2,3)25-23-15(21)19-12-14(18(13-19,22-7)10-11-20)24-26(8,9)17(4,5)6/h14,20H,10-13H2,1-9H3/t14-,18+/m0/s1. The molecule has 1 rings (SSSR count). The van der Waals surface area contributed by atoms with Crippen LogP contribution in [0.1, 0.15) is 48.0 Å². The third-order valence-electron chi connectivity index (χ3n) is 5.24. The molecule has 26 heavy (non-hydrogen) atoms. The van der Waals surface area contributed by atoms with Crippen LogP contribution in [-0.2, 0) is 18.9 Å². The van der Waals surface area contributed by atoms with E-state index < -0.39 is 25.6 Å². The van der Waals surface area contributed by atoms with Crippen LogP contribution < -0.4 is 0 Å². The number of methoxy groups -OCH3 is 1. The molecule has 0 unspecified atom stereocenters. The molecule has 1 saturated heterocycles. The summed E-state index contributed by atoms with van der Waals surface area (Å²) in [6, 6.07) is 0. The van der Waals surface area contributed by atoms with E-state index in [1.165, 1.54) is 4.90 Å². The second-order valence-corrected chi connectivity index (χ2v) is 14.3. The zero-order chi connectivity index (χ0) is 20.4. The molecule has 154 valence electrons. The Kier molecular flexibility index (Phi) is 7.32. The van der Waals surface area contributed by atoms with Gasteiger partial charge in [0.2, 0.25) is 0 Å². The highest BCUT2D eigenvalue weighted by Gasteiger charge is 2.53. The summed E-state index contributed by atoms with van der Waals surface area (Å²) in [6.07, 6.45) is -0.518. The third-order valence-corrected chi connectivity index (χ3v) is 9.72. The van der Waals surface area contributed by atoms with Crippen LogP contribution in [0.15, 0.2) is 0 Å². The van der Waals surface area contributed by atoms with Gasteiger partial charge in [-0.3, -0.25) is 4.89 Å². The maximum atomic E-state index is 12.4. The van der Waals surface area contributed by atoms with Gasteiger partial charge in [0.05, 0.1) is 19.2 Å². The topological polar surface area (TPSA) is 77.5 Å². The average molecular weight is 392 g/mol. The minimum absolute atomic E-state index is 0.0228. The van der Waals surface area contributed by atoms with E-state index in [0.717, 1.165) is 0 Å². The largest absolute Gasteiger partial charge is 0.441 e. The van der Waals surface area contributed by atoms with Crippen molar-refractivity contribution >= 4 is 14.4 Å². The summed E-state index contributed by atoms with van der Waals surface area (Å²) >= 11 is 0. The quantitative estimate of drug-likeness (QED) is 0.425. The van der Waals surface area contributed by atoms with Crippen molar-refractivity contribution in [3.8, 4) is 0 Å². The van der Waals surface area contributed by atoms with Crippen molar-refractivity contribution in [2.24, 2.45) is 0 Å². The van der Waals surface area contributed by atoms with Gasteiger partial charge in [0, 0.05) is 20.1 Å². The zero-order valence-corrected chi connectivity index (χ0v) is 18.8. The molecule has 1 fully saturated rings. The Morgan fingerprint density at radius 3 is 2.23 bits per heavy atom. The maximum Gasteiger partial charge on any atom is 0.441 e. The number of carbonyl (C=O) groups excluding carboxylic acids is 1. The normalized spacial score (nSPS) is 24.8. The average Bonchev–Trinajstić information content (AvgIpc) is 2.82. The first-order valence-corrected chi connectivity index (χ1v) is 12.1. The Morgan fingerprint density at radius 2 is 1.81 bits per heavy atom. The lowest BCUT2D eigenvalue weighted by atomic mass is 9.96. The van der Waals surface area contributed by atoms with Gasteiger partial charge in [-0.2, -0.15) is 4.89 Å². The first kappa shape index (κ1) is 23.4. The zero-order valence-electron chi connectivity index (χ0n) is 17.8. The SMILES string of the molecule is CO[C@]1(CCO)CN(C(=O)OOC(C)(C)C)C[C@@H]1O[Si](C)(C)C(C)(C)C. The number of likely N-dealkylation sites (tertiary alicyclic amines) is 1. The fourth-order valence-corrected chi connectivity index (χ4v) is 3.97. The predicted octanol–water partition coefficient (Wildman–Crippen LogP) is 3.33. The van der Waals surface area contributed by atoms with Crippen molar-refractivity contribution in [2.75, 3.05) is 26.8 Å². The molecular weight excluding hydrogens is 354 g/mol. The first-order chi connectivity index (χ1) is 11.7. The second-order valence-electron chi connectivity index (χ2n) is 9.53. The molecular formula is C18H37NO6Si. The van der Waals surface area contributed by atoms with Gasteiger partial charge in [0.25, 0.3) is 0 Å². The van der Waals surface area contributed by atoms with Crippen molar-refractivity contribution in [1.82, 2.24) is 4.90 Å². The Hall–Kier alpha value is -0.673. The van der Waals surface area contributed by atoms with Gasteiger partial charge in [-0.05, 0) is 38.9 Å². The van der Waals surface area contributed by atoms with E-state index in [1.807, 2.05) is 0 Å². The van der Waals surface area contributed by atoms with Crippen molar-refractivity contribution in [1.29, 1.82) is 0 Å². The molecule has 0 aromatic carbocycles. The highest BCUT2D eigenvalue weighted by Crippen LogP contribution is 2.41. The Morgan fingerprint density at radius 1 is 1.23 bits per heavy atom. The molecule has 1 aliphatic rings. The number of ether oxygens (including phenoxy) is 1. The summed E-state index contributed by atoms with van der Waals surface area (Å²) < 4.78 is 12.3. The van der Waals surface area contributed by atoms with Gasteiger partial charge < -0.3 is 19.2 Å². The van der Waals surface area contributed by atoms with Crippen LogP contribution in [-0.4, -0.2) is 68.5 Å². The van der Waals surface area contributed by atoms with E-state index in [0.29, 0.717) is 13.0 Å². The number of hydrogen-bond acceptors (Lipinski definition) is 6. The molecule has 0 aromatic rings. The minimum Gasteiger partial charge on any atom is -0.409 e. The van der Waals surface area contributed by atoms with Crippen molar-refractivity contribution in [3.63, 3.8) is 0 Å². The fraction of sp³-hybridized carbons (Fsp3) is 0.944. The summed E-state index contributed by atoms with van der Waals surface area (Å²) in [6.45, 7) is 16.8. The van der Waals surface area contributed by atoms with Crippen molar-refractivity contribution < 1.29 is 28.8 Å². The predicted molar refractivity (Wildman–Crippen MR) is 102 cm³/mol. The lowest BCUT2D eigenvalue weighted by molar-refractivity contribution is -0.305. The fourth-order valence-electron chi connectivity index (χ4n) is 2.61. The van der Waals surface area contributed by atoms with Gasteiger partial charge in [0.15, 0.2) is 8.32 Å². The van der Waals surface area contributed by atoms with Crippen molar-refractivity contribution in [3.05, 3.63) is 0 Å².